The van der Waals surface area contributed by atoms with Crippen molar-refractivity contribution in [2.24, 2.45) is 0 Å². The Balaban J connectivity index is 1.84. The Morgan fingerprint density at radius 1 is 1.16 bits per heavy atom. The largest absolute Gasteiger partial charge is 0.488 e. The normalized spacial score (nSPS) is 11.0. The number of carbonyl (C=O) groups is 1. The van der Waals surface area contributed by atoms with Crippen LogP contribution in [0.25, 0.3) is 6.08 Å². The van der Waals surface area contributed by atoms with Crippen LogP contribution in [0.3, 0.4) is 0 Å². The summed E-state index contributed by atoms with van der Waals surface area (Å²) in [5.41, 5.74) is 1.81. The summed E-state index contributed by atoms with van der Waals surface area (Å²) in [7, 11) is 0. The summed E-state index contributed by atoms with van der Waals surface area (Å²) < 4.78 is 7.87. The third-order valence-corrected chi connectivity index (χ3v) is 6.18. The molecule has 0 saturated heterocycles. The maximum absolute atomic E-state index is 12.7. The van der Waals surface area contributed by atoms with Gasteiger partial charge in [-0.3, -0.25) is 4.79 Å². The van der Waals surface area contributed by atoms with Crippen molar-refractivity contribution in [1.82, 2.24) is 0 Å². The van der Waals surface area contributed by atoms with E-state index in [1.165, 1.54) is 6.08 Å². The monoisotopic (exact) mass is 626 g/mol. The van der Waals surface area contributed by atoms with Crippen LogP contribution in [-0.4, -0.2) is 5.91 Å². The molecule has 0 atom stereocenters. The molecule has 0 radical (unpaired) electrons. The Morgan fingerprint density at radius 2 is 1.90 bits per heavy atom. The minimum Gasteiger partial charge on any atom is -0.488 e. The van der Waals surface area contributed by atoms with Crippen LogP contribution in [0.15, 0.2) is 70.7 Å². The first-order valence-corrected chi connectivity index (χ1v) is 11.5. The van der Waals surface area contributed by atoms with Crippen LogP contribution in [0.2, 0.25) is 10.0 Å². The van der Waals surface area contributed by atoms with E-state index in [-0.39, 0.29) is 10.6 Å². The van der Waals surface area contributed by atoms with E-state index >= 15 is 0 Å². The number of halogens is 4. The highest BCUT2D eigenvalue weighted by Gasteiger charge is 2.14. The van der Waals surface area contributed by atoms with E-state index in [9.17, 15) is 10.1 Å². The number of anilines is 1. The van der Waals surface area contributed by atoms with Gasteiger partial charge in [0.1, 0.15) is 24.0 Å². The molecule has 0 spiro atoms. The van der Waals surface area contributed by atoms with Gasteiger partial charge >= 0.3 is 0 Å². The lowest BCUT2D eigenvalue weighted by molar-refractivity contribution is -0.112. The highest BCUT2D eigenvalue weighted by Crippen LogP contribution is 2.30. The zero-order chi connectivity index (χ0) is 22.4. The fraction of sp³-hybridized carbons (Fsp3) is 0.0435. The molecule has 3 aromatic rings. The first-order valence-electron chi connectivity index (χ1n) is 8.91. The minimum atomic E-state index is -0.602. The molecule has 156 valence electrons. The second-order valence-corrected chi connectivity index (χ2v) is 9.27. The topological polar surface area (TPSA) is 62.1 Å². The summed E-state index contributed by atoms with van der Waals surface area (Å²) in [6.07, 6.45) is 1.47. The molecule has 0 unspecified atom stereocenters. The maximum Gasteiger partial charge on any atom is 0.266 e. The molecule has 0 bridgehead atoms. The molecule has 3 rings (SSSR count). The Labute approximate surface area is 212 Å². The van der Waals surface area contributed by atoms with Gasteiger partial charge in [-0.1, -0.05) is 57.3 Å². The lowest BCUT2D eigenvalue weighted by Gasteiger charge is -2.11. The summed E-state index contributed by atoms with van der Waals surface area (Å²) in [4.78, 5) is 12.7. The first kappa shape index (κ1) is 23.6. The maximum atomic E-state index is 12.7. The fourth-order valence-corrected chi connectivity index (χ4v) is 3.69. The van der Waals surface area contributed by atoms with Crippen LogP contribution < -0.4 is 10.1 Å². The van der Waals surface area contributed by atoms with E-state index in [4.69, 9.17) is 27.9 Å². The molecular weight excluding hydrogens is 614 g/mol. The zero-order valence-corrected chi connectivity index (χ0v) is 21.1. The zero-order valence-electron chi connectivity index (χ0n) is 15.8. The first-order chi connectivity index (χ1) is 14.9. The second kappa shape index (κ2) is 11.0. The average Bonchev–Trinajstić information content (AvgIpc) is 2.75. The van der Waals surface area contributed by atoms with Crippen LogP contribution in [0.5, 0.6) is 5.75 Å². The van der Waals surface area contributed by atoms with Crippen LogP contribution >= 0.6 is 61.7 Å². The number of rotatable bonds is 6. The number of hydrogen-bond donors (Lipinski definition) is 1. The second-order valence-electron chi connectivity index (χ2n) is 6.32. The highest BCUT2D eigenvalue weighted by atomic mass is 127. The van der Waals surface area contributed by atoms with Crippen LogP contribution in [-0.2, 0) is 11.4 Å². The molecule has 1 amide bonds. The molecule has 1 N–H and O–H groups in total. The van der Waals surface area contributed by atoms with Crippen LogP contribution in [0, 0.1) is 14.9 Å². The van der Waals surface area contributed by atoms with Gasteiger partial charge in [-0.2, -0.15) is 5.26 Å². The molecule has 0 heterocycles. The van der Waals surface area contributed by atoms with Gasteiger partial charge < -0.3 is 10.1 Å². The Hall–Kier alpha value is -2.05. The quantitative estimate of drug-likeness (QED) is 0.175. The van der Waals surface area contributed by atoms with E-state index in [0.717, 1.165) is 13.6 Å². The number of carbonyl (C=O) groups excluding carboxylic acids is 1. The van der Waals surface area contributed by atoms with E-state index < -0.39 is 5.91 Å². The number of amides is 1. The van der Waals surface area contributed by atoms with E-state index in [1.807, 2.05) is 36.4 Å². The van der Waals surface area contributed by atoms with Crippen molar-refractivity contribution in [1.29, 1.82) is 5.26 Å². The van der Waals surface area contributed by atoms with Gasteiger partial charge in [0.2, 0.25) is 0 Å². The molecule has 0 aromatic heterocycles. The lowest BCUT2D eigenvalue weighted by Crippen LogP contribution is -2.14. The van der Waals surface area contributed by atoms with Gasteiger partial charge in [-0.25, -0.2) is 0 Å². The molecule has 8 heteroatoms. The molecule has 31 heavy (non-hydrogen) atoms. The van der Waals surface area contributed by atoms with Gasteiger partial charge in [0.25, 0.3) is 5.91 Å². The third-order valence-electron chi connectivity index (χ3n) is 4.14. The molecule has 0 aliphatic heterocycles. The van der Waals surface area contributed by atoms with Crippen molar-refractivity contribution in [2.75, 3.05) is 5.32 Å². The molecule has 0 saturated carbocycles. The van der Waals surface area contributed by atoms with Gasteiger partial charge in [-0.05, 0) is 76.7 Å². The number of hydrogen-bond acceptors (Lipinski definition) is 3. The van der Waals surface area contributed by atoms with E-state index in [1.54, 1.807) is 30.3 Å². The molecule has 0 fully saturated rings. The number of nitrogens with zero attached hydrogens (tertiary/aromatic N) is 1. The van der Waals surface area contributed by atoms with E-state index in [2.05, 4.69) is 43.8 Å². The Bertz CT molecular complexity index is 1190. The number of ether oxygens (including phenoxy) is 1. The van der Waals surface area contributed by atoms with Crippen molar-refractivity contribution < 1.29 is 9.53 Å². The predicted octanol–water partition coefficient (Wildman–Crippen LogP) is 7.49. The molecule has 0 aliphatic rings. The van der Waals surface area contributed by atoms with Gasteiger partial charge in [0.05, 0.1) is 15.7 Å². The number of benzene rings is 3. The van der Waals surface area contributed by atoms with Crippen LogP contribution in [0.4, 0.5) is 5.69 Å². The molecule has 3 aromatic carbocycles. The van der Waals surface area contributed by atoms with Gasteiger partial charge in [0.15, 0.2) is 0 Å². The van der Waals surface area contributed by atoms with Crippen molar-refractivity contribution in [3.8, 4) is 11.8 Å². The Kier molecular flexibility index (Phi) is 8.38. The number of nitriles is 1. The fourth-order valence-electron chi connectivity index (χ4n) is 2.60. The summed E-state index contributed by atoms with van der Waals surface area (Å²) >= 11 is 17.8. The smallest absolute Gasteiger partial charge is 0.266 e. The van der Waals surface area contributed by atoms with Crippen molar-refractivity contribution in [3.63, 3.8) is 0 Å². The summed E-state index contributed by atoms with van der Waals surface area (Å²) in [6, 6.07) is 20.2. The summed E-state index contributed by atoms with van der Waals surface area (Å²) in [6.45, 7) is 0.353. The lowest BCUT2D eigenvalue weighted by atomic mass is 10.1. The standard InChI is InChI=1S/C23H14BrCl2IN2O2/c24-17-6-9-21(31-13-14-4-7-18(27)8-5-14)15(11-17)10-16(12-28)23(30)29-20-3-1-2-19(25)22(20)26/h1-11H,13H2,(H,29,30)/b16-10-. The van der Waals surface area contributed by atoms with Crippen molar-refractivity contribution in [2.45, 2.75) is 6.61 Å². The summed E-state index contributed by atoms with van der Waals surface area (Å²) in [5, 5.41) is 12.7. The Morgan fingerprint density at radius 3 is 2.61 bits per heavy atom. The van der Waals surface area contributed by atoms with Crippen LogP contribution in [0.1, 0.15) is 11.1 Å². The SMILES string of the molecule is N#C/C(=C/c1cc(Br)ccc1OCc1ccc(I)cc1)C(=O)Nc1cccc(Cl)c1Cl. The average molecular weight is 628 g/mol. The van der Waals surface area contributed by atoms with E-state index in [0.29, 0.717) is 28.6 Å². The molecule has 0 aliphatic carbocycles. The highest BCUT2D eigenvalue weighted by molar-refractivity contribution is 14.1. The molecule has 4 nitrogen and oxygen atoms in total. The van der Waals surface area contributed by atoms with Gasteiger partial charge in [-0.15, -0.1) is 0 Å². The minimum absolute atomic E-state index is 0.103. The predicted molar refractivity (Wildman–Crippen MR) is 136 cm³/mol. The number of nitrogens with one attached hydrogen (secondary N) is 1. The van der Waals surface area contributed by atoms with Crippen molar-refractivity contribution in [3.05, 3.63) is 95.5 Å². The molecular formula is C23H14BrCl2IN2O2. The summed E-state index contributed by atoms with van der Waals surface area (Å²) in [5.74, 6) is -0.0571. The van der Waals surface area contributed by atoms with Crippen molar-refractivity contribution >= 4 is 79.4 Å². The third kappa shape index (κ3) is 6.47. The van der Waals surface area contributed by atoms with Gasteiger partial charge in [0, 0.05) is 13.6 Å².